The molecule has 2 radical (unpaired) electrons. The van der Waals surface area contributed by atoms with Gasteiger partial charge in [-0.1, -0.05) is 104 Å². The summed E-state index contributed by atoms with van der Waals surface area (Å²) >= 11 is 0. The van der Waals surface area contributed by atoms with E-state index in [-0.39, 0.29) is 0 Å². The van der Waals surface area contributed by atoms with Crippen LogP contribution in [0.15, 0.2) is 35.4 Å². The van der Waals surface area contributed by atoms with Gasteiger partial charge in [-0.3, -0.25) is 0 Å². The normalized spacial score (nSPS) is 16.0. The summed E-state index contributed by atoms with van der Waals surface area (Å²) in [5.74, 6) is 2.12. The highest BCUT2D eigenvalue weighted by Crippen LogP contribution is 2.53. The predicted octanol–water partition coefficient (Wildman–Crippen LogP) is 10.3. The first kappa shape index (κ1) is 26.2. The third-order valence-corrected chi connectivity index (χ3v) is 12.1. The highest BCUT2D eigenvalue weighted by molar-refractivity contribution is 7.09. The number of rotatable bonds is 6. The monoisotopic (exact) mass is 482 g/mol. The zero-order valence-corrected chi connectivity index (χ0v) is 25.3. The molecule has 2 aromatic carbocycles. The summed E-state index contributed by atoms with van der Waals surface area (Å²) < 4.78 is 0. The maximum Gasteiger partial charge on any atom is 0.113 e. The first-order valence-electron chi connectivity index (χ1n) is 13.7. The predicted molar refractivity (Wildman–Crippen MR) is 159 cm³/mol. The topological polar surface area (TPSA) is 0 Å². The van der Waals surface area contributed by atoms with Crippen LogP contribution in [0.4, 0.5) is 0 Å². The Morgan fingerprint density at radius 1 is 0.514 bits per heavy atom. The van der Waals surface area contributed by atoms with Crippen LogP contribution in [0.5, 0.6) is 0 Å². The van der Waals surface area contributed by atoms with Crippen molar-refractivity contribution in [3.05, 3.63) is 92.8 Å². The molecule has 0 saturated carbocycles. The Morgan fingerprint density at radius 3 is 1.14 bits per heavy atom. The van der Waals surface area contributed by atoms with Crippen molar-refractivity contribution < 1.29 is 0 Å². The molecule has 2 aliphatic rings. The zero-order chi connectivity index (χ0) is 26.0. The van der Waals surface area contributed by atoms with Crippen molar-refractivity contribution in [1.29, 1.82) is 0 Å². The van der Waals surface area contributed by atoms with E-state index >= 15 is 0 Å². The summed E-state index contributed by atoms with van der Waals surface area (Å²) in [6.07, 6.45) is 4.97. The van der Waals surface area contributed by atoms with Gasteiger partial charge in [-0.05, 0) is 92.4 Å². The molecule has 0 aliphatic heterocycles. The van der Waals surface area contributed by atoms with Gasteiger partial charge in [-0.2, -0.15) is 0 Å². The van der Waals surface area contributed by atoms with E-state index in [0.29, 0.717) is 23.7 Å². The Morgan fingerprint density at radius 2 is 0.857 bits per heavy atom. The van der Waals surface area contributed by atoms with Gasteiger partial charge in [0, 0.05) is 12.8 Å². The van der Waals surface area contributed by atoms with Crippen molar-refractivity contribution in [2.24, 2.45) is 0 Å². The molecule has 4 rings (SSSR count). The van der Waals surface area contributed by atoms with Gasteiger partial charge in [-0.25, -0.2) is 0 Å². The maximum atomic E-state index is 2.61. The van der Waals surface area contributed by atoms with Crippen LogP contribution in [0.1, 0.15) is 137 Å². The minimum atomic E-state index is -2.01. The summed E-state index contributed by atoms with van der Waals surface area (Å²) in [5.41, 5.74) is 15.0. The third kappa shape index (κ3) is 4.33. The highest BCUT2D eigenvalue weighted by atomic mass is 28.3. The molecule has 0 heterocycles. The van der Waals surface area contributed by atoms with Crippen LogP contribution in [-0.4, -0.2) is 8.07 Å². The molecule has 0 nitrogen and oxygen atoms in total. The average Bonchev–Trinajstić information content (AvgIpc) is 3.27. The Balaban J connectivity index is 1.95. The molecular formula is C34H46Si. The average molecular weight is 483 g/mol. The maximum absolute atomic E-state index is 2.61. The second-order valence-corrected chi connectivity index (χ2v) is 17.0. The van der Waals surface area contributed by atoms with E-state index in [4.69, 9.17) is 0 Å². The SMILES string of the molecule is CC1=C([Si](C)(C)C2=C(C)[CH]c3cc(C(C)C)cc(C(C)C)c32)c2c(cc(C(C)C)cc2C(C)C)[CH]1. The number of hydrogen-bond donors (Lipinski definition) is 0. The molecule has 35 heavy (non-hydrogen) atoms. The van der Waals surface area contributed by atoms with E-state index in [1.165, 1.54) is 44.5 Å². The molecule has 1 heteroatoms. The zero-order valence-electron chi connectivity index (χ0n) is 24.3. The number of allylic oxidation sites excluding steroid dienone is 2. The summed E-state index contributed by atoms with van der Waals surface area (Å²) in [5, 5.41) is 3.31. The van der Waals surface area contributed by atoms with Crippen LogP contribution >= 0.6 is 0 Å². The molecule has 2 aromatic rings. The molecule has 0 aromatic heterocycles. The molecule has 0 bridgehead atoms. The number of benzene rings is 2. The van der Waals surface area contributed by atoms with Crippen LogP contribution in [0.2, 0.25) is 13.1 Å². The van der Waals surface area contributed by atoms with Crippen molar-refractivity contribution in [1.82, 2.24) is 0 Å². The minimum Gasteiger partial charge on any atom is -0.0646 e. The van der Waals surface area contributed by atoms with Crippen molar-refractivity contribution in [2.75, 3.05) is 0 Å². The van der Waals surface area contributed by atoms with E-state index < -0.39 is 8.07 Å². The van der Waals surface area contributed by atoms with Gasteiger partial charge in [-0.15, -0.1) is 0 Å². The molecule has 0 N–H and O–H groups in total. The third-order valence-electron chi connectivity index (χ3n) is 8.30. The van der Waals surface area contributed by atoms with E-state index in [0.717, 1.165) is 0 Å². The summed E-state index contributed by atoms with van der Waals surface area (Å²) in [6, 6.07) is 9.96. The molecular weight excluding hydrogens is 436 g/mol. The second-order valence-electron chi connectivity index (χ2n) is 12.8. The molecule has 0 atom stereocenters. The van der Waals surface area contributed by atoms with Gasteiger partial charge >= 0.3 is 0 Å². The van der Waals surface area contributed by atoms with Gasteiger partial charge in [0.05, 0.1) is 0 Å². The lowest BCUT2D eigenvalue weighted by Gasteiger charge is -2.33. The quantitative estimate of drug-likeness (QED) is 0.359. The molecule has 186 valence electrons. The van der Waals surface area contributed by atoms with Gasteiger partial charge in [0.25, 0.3) is 0 Å². The van der Waals surface area contributed by atoms with Gasteiger partial charge in [0.15, 0.2) is 0 Å². The molecule has 0 spiro atoms. The van der Waals surface area contributed by atoms with Gasteiger partial charge < -0.3 is 0 Å². The van der Waals surface area contributed by atoms with E-state index in [9.17, 15) is 0 Å². The summed E-state index contributed by atoms with van der Waals surface area (Å²) in [4.78, 5) is 0. The minimum absolute atomic E-state index is 0.513. The summed E-state index contributed by atoms with van der Waals surface area (Å²) in [6.45, 7) is 28.7. The van der Waals surface area contributed by atoms with Crippen LogP contribution in [0.25, 0.3) is 10.4 Å². The van der Waals surface area contributed by atoms with Crippen LogP contribution in [0, 0.1) is 12.8 Å². The Hall–Kier alpha value is -1.86. The smallest absolute Gasteiger partial charge is 0.0646 e. The second kappa shape index (κ2) is 9.22. The van der Waals surface area contributed by atoms with Crippen LogP contribution in [-0.2, 0) is 0 Å². The molecule has 0 amide bonds. The van der Waals surface area contributed by atoms with Crippen molar-refractivity contribution in [3.63, 3.8) is 0 Å². The first-order valence-corrected chi connectivity index (χ1v) is 16.7. The summed E-state index contributed by atoms with van der Waals surface area (Å²) in [7, 11) is -2.01. The lowest BCUT2D eigenvalue weighted by atomic mass is 9.89. The standard InChI is InChI=1S/C34H46Si/c1-19(2)25-15-27-13-23(9)33(31(27)29(17-25)21(5)6)35(11,12)34-24(10)14-28-16-26(20(3)4)18-30(22(7)8)32(28)34/h13-22H,1-12H3. The molecule has 0 fully saturated rings. The molecule has 0 unspecified atom stereocenters. The highest BCUT2D eigenvalue weighted by Gasteiger charge is 2.43. The van der Waals surface area contributed by atoms with Gasteiger partial charge in [0.1, 0.15) is 8.07 Å². The van der Waals surface area contributed by atoms with E-state index in [1.807, 2.05) is 0 Å². The largest absolute Gasteiger partial charge is 0.113 e. The fraction of sp³-hybridized carbons (Fsp3) is 0.471. The van der Waals surface area contributed by atoms with E-state index in [2.05, 4.69) is 119 Å². The van der Waals surface area contributed by atoms with Crippen molar-refractivity contribution in [3.8, 4) is 0 Å². The molecule has 2 aliphatic carbocycles. The van der Waals surface area contributed by atoms with E-state index in [1.54, 1.807) is 21.5 Å². The number of hydrogen-bond acceptors (Lipinski definition) is 0. The van der Waals surface area contributed by atoms with Crippen molar-refractivity contribution >= 4 is 18.5 Å². The van der Waals surface area contributed by atoms with Crippen LogP contribution in [0.3, 0.4) is 0 Å². The lowest BCUT2D eigenvalue weighted by molar-refractivity contribution is 0.830. The Bertz CT molecular complexity index is 1130. The van der Waals surface area contributed by atoms with Crippen molar-refractivity contribution in [2.45, 2.75) is 106 Å². The fourth-order valence-electron chi connectivity index (χ4n) is 6.55. The van der Waals surface area contributed by atoms with Crippen LogP contribution < -0.4 is 0 Å². The Labute approximate surface area is 217 Å². The lowest BCUT2D eigenvalue weighted by Crippen LogP contribution is -2.32. The van der Waals surface area contributed by atoms with Gasteiger partial charge in [0.2, 0.25) is 0 Å². The Kier molecular flexibility index (Phi) is 6.90. The fourth-order valence-corrected chi connectivity index (χ4v) is 10.7. The first-order chi connectivity index (χ1) is 16.2. The number of fused-ring (bicyclic) bond motifs is 2. The molecule has 0 saturated heterocycles.